The zero-order chi connectivity index (χ0) is 18.6. The smallest absolute Gasteiger partial charge is 0.343 e. The van der Waals surface area contributed by atoms with E-state index in [0.717, 1.165) is 31.2 Å². The van der Waals surface area contributed by atoms with E-state index in [9.17, 15) is 30.1 Å². The molecule has 0 atom stereocenters. The number of nitro benzene ring substituents is 2. The number of ether oxygens (including phenoxy) is 1. The lowest BCUT2D eigenvalue weighted by Gasteiger charge is -2.07. The topological polar surface area (TPSA) is 145 Å². The first kappa shape index (κ1) is 18.0. The Hall–Kier alpha value is -3.30. The molecule has 132 valence electrons. The molecule has 10 heteroatoms. The summed E-state index contributed by atoms with van der Waals surface area (Å²) in [5.74, 6) is -1.61. The van der Waals surface area contributed by atoms with Gasteiger partial charge in [0.1, 0.15) is 11.3 Å². The molecule has 0 aromatic heterocycles. The molecule has 0 saturated heterocycles. The lowest BCUT2D eigenvalue weighted by Crippen LogP contribution is -2.12. The number of esters is 1. The molecule has 1 N–H and O–H groups in total. The predicted molar refractivity (Wildman–Crippen MR) is 87.4 cm³/mol. The molecule has 1 aromatic rings. The molecule has 1 fully saturated rings. The van der Waals surface area contributed by atoms with Crippen LogP contribution in [0.3, 0.4) is 0 Å². The third kappa shape index (κ3) is 4.37. The minimum absolute atomic E-state index is 0.0369. The van der Waals surface area contributed by atoms with Gasteiger partial charge in [-0.2, -0.15) is 0 Å². The maximum Gasteiger partial charge on any atom is 0.343 e. The molecule has 2 rings (SSSR count). The number of aliphatic hydroxyl groups excluding tert-OH is 1. The van der Waals surface area contributed by atoms with Gasteiger partial charge >= 0.3 is 5.97 Å². The number of carbonyl (C=O) groups is 1. The first-order valence-electron chi connectivity index (χ1n) is 7.41. The van der Waals surface area contributed by atoms with E-state index in [1.807, 2.05) is 0 Å². The van der Waals surface area contributed by atoms with Crippen LogP contribution < -0.4 is 0 Å². The number of rotatable bonds is 7. The summed E-state index contributed by atoms with van der Waals surface area (Å²) >= 11 is 0. The Morgan fingerprint density at radius 3 is 2.56 bits per heavy atom. The van der Waals surface area contributed by atoms with Crippen molar-refractivity contribution in [2.75, 3.05) is 6.61 Å². The fourth-order valence-electron chi connectivity index (χ4n) is 1.95. The Bertz CT molecular complexity index is 781. The summed E-state index contributed by atoms with van der Waals surface area (Å²) < 4.78 is 4.84. The van der Waals surface area contributed by atoms with E-state index in [1.165, 1.54) is 0 Å². The monoisotopic (exact) mass is 349 g/mol. The first-order valence-corrected chi connectivity index (χ1v) is 7.41. The van der Waals surface area contributed by atoms with Crippen molar-refractivity contribution in [3.05, 3.63) is 49.6 Å². The largest absolute Gasteiger partial charge is 0.506 e. The Morgan fingerprint density at radius 1 is 1.36 bits per heavy atom. The van der Waals surface area contributed by atoms with Crippen molar-refractivity contribution < 1.29 is 24.5 Å². The molecule has 0 heterocycles. The van der Waals surface area contributed by atoms with E-state index in [2.05, 4.69) is 4.99 Å². The molecule has 0 aliphatic heterocycles. The summed E-state index contributed by atoms with van der Waals surface area (Å²) in [4.78, 5) is 36.4. The van der Waals surface area contributed by atoms with Gasteiger partial charge in [0.2, 0.25) is 0 Å². The number of benzene rings is 1. The second-order valence-electron chi connectivity index (χ2n) is 5.21. The molecule has 1 aliphatic carbocycles. The van der Waals surface area contributed by atoms with Crippen LogP contribution in [0, 0.1) is 20.2 Å². The molecule has 0 bridgehead atoms. The summed E-state index contributed by atoms with van der Waals surface area (Å²) in [6.45, 7) is 1.61. The summed E-state index contributed by atoms with van der Waals surface area (Å²) in [7, 11) is 0. The van der Waals surface area contributed by atoms with E-state index in [1.54, 1.807) is 6.92 Å². The number of aliphatic hydroxyl groups is 1. The van der Waals surface area contributed by atoms with Crippen molar-refractivity contribution in [2.24, 2.45) is 4.99 Å². The highest BCUT2D eigenvalue weighted by Crippen LogP contribution is 2.31. The molecular formula is C15H15N3O7. The predicted octanol–water partition coefficient (Wildman–Crippen LogP) is 2.57. The maximum absolute atomic E-state index is 12.0. The minimum atomic E-state index is -0.892. The standard InChI is InChI=1S/C15H15N3O7/c1-2-25-15(20)12(8-16-9-3-4-9)14(19)11-6-5-10(17(21)22)7-13(11)18(23)24/h5-9,19H,2-4H2,1H3. The molecule has 25 heavy (non-hydrogen) atoms. The second-order valence-corrected chi connectivity index (χ2v) is 5.21. The summed E-state index contributed by atoms with van der Waals surface area (Å²) in [5.41, 5.74) is -1.88. The second kappa shape index (κ2) is 7.51. The highest BCUT2D eigenvalue weighted by Gasteiger charge is 2.27. The van der Waals surface area contributed by atoms with E-state index in [-0.39, 0.29) is 23.8 Å². The van der Waals surface area contributed by atoms with E-state index in [0.29, 0.717) is 6.07 Å². The van der Waals surface area contributed by atoms with E-state index >= 15 is 0 Å². The number of nitrogens with zero attached hydrogens (tertiary/aromatic N) is 3. The van der Waals surface area contributed by atoms with Crippen molar-refractivity contribution in [1.82, 2.24) is 0 Å². The number of aliphatic imine (C=N–C) groups is 1. The van der Waals surface area contributed by atoms with Gasteiger partial charge in [-0.15, -0.1) is 0 Å². The van der Waals surface area contributed by atoms with Crippen LogP contribution in [0.25, 0.3) is 5.76 Å². The Labute approximate surface area is 141 Å². The van der Waals surface area contributed by atoms with Crippen LogP contribution in [-0.4, -0.2) is 39.8 Å². The summed E-state index contributed by atoms with van der Waals surface area (Å²) in [6, 6.07) is 2.77. The fraction of sp³-hybridized carbons (Fsp3) is 0.333. The molecule has 0 unspecified atom stereocenters. The van der Waals surface area contributed by atoms with Gasteiger partial charge in [-0.3, -0.25) is 25.2 Å². The van der Waals surface area contributed by atoms with Crippen molar-refractivity contribution in [3.8, 4) is 0 Å². The van der Waals surface area contributed by atoms with Gasteiger partial charge in [0, 0.05) is 12.3 Å². The Morgan fingerprint density at radius 2 is 2.04 bits per heavy atom. The van der Waals surface area contributed by atoms with Crippen LogP contribution in [0.15, 0.2) is 28.8 Å². The Kier molecular flexibility index (Phi) is 5.42. The quantitative estimate of drug-likeness (QED) is 0.199. The average Bonchev–Trinajstić information content (AvgIpc) is 3.38. The fourth-order valence-corrected chi connectivity index (χ4v) is 1.95. The van der Waals surface area contributed by atoms with Gasteiger partial charge in [-0.05, 0) is 25.8 Å². The molecule has 1 saturated carbocycles. The van der Waals surface area contributed by atoms with Crippen LogP contribution in [0.1, 0.15) is 25.3 Å². The van der Waals surface area contributed by atoms with Gasteiger partial charge in [0.05, 0.1) is 34.1 Å². The molecule has 0 radical (unpaired) electrons. The van der Waals surface area contributed by atoms with Gasteiger partial charge in [-0.25, -0.2) is 4.79 Å². The number of hydrogen-bond donors (Lipinski definition) is 1. The normalized spacial score (nSPS) is 14.9. The average molecular weight is 349 g/mol. The highest BCUT2D eigenvalue weighted by atomic mass is 16.6. The maximum atomic E-state index is 12.0. The first-order chi connectivity index (χ1) is 11.8. The molecule has 1 aromatic carbocycles. The van der Waals surface area contributed by atoms with Crippen LogP contribution in [0.5, 0.6) is 0 Å². The number of nitro groups is 2. The van der Waals surface area contributed by atoms with Crippen LogP contribution in [0.2, 0.25) is 0 Å². The number of non-ortho nitro benzene ring substituents is 1. The minimum Gasteiger partial charge on any atom is -0.506 e. The van der Waals surface area contributed by atoms with Crippen molar-refractivity contribution in [2.45, 2.75) is 25.8 Å². The molecule has 10 nitrogen and oxygen atoms in total. The van der Waals surface area contributed by atoms with Gasteiger partial charge < -0.3 is 9.84 Å². The van der Waals surface area contributed by atoms with E-state index < -0.39 is 32.9 Å². The summed E-state index contributed by atoms with van der Waals surface area (Å²) in [6.07, 6.45) is 2.83. The summed E-state index contributed by atoms with van der Waals surface area (Å²) in [5, 5.41) is 32.4. The van der Waals surface area contributed by atoms with Crippen LogP contribution in [-0.2, 0) is 9.53 Å². The van der Waals surface area contributed by atoms with Crippen LogP contribution in [0.4, 0.5) is 11.4 Å². The van der Waals surface area contributed by atoms with Crippen molar-refractivity contribution in [1.29, 1.82) is 0 Å². The third-order valence-electron chi connectivity index (χ3n) is 3.36. The SMILES string of the molecule is CCOC(=O)C(C=NC1CC1)=C(O)c1ccc([N+](=O)[O-])cc1[N+](=O)[O-]. The molecule has 0 spiro atoms. The van der Waals surface area contributed by atoms with Gasteiger partial charge in [0.15, 0.2) is 0 Å². The highest BCUT2D eigenvalue weighted by molar-refractivity contribution is 6.15. The zero-order valence-corrected chi connectivity index (χ0v) is 13.2. The third-order valence-corrected chi connectivity index (χ3v) is 3.36. The molecule has 1 aliphatic rings. The number of carbonyl (C=O) groups excluding carboxylic acids is 1. The van der Waals surface area contributed by atoms with Crippen molar-refractivity contribution in [3.63, 3.8) is 0 Å². The molecule has 0 amide bonds. The number of hydrogen-bond acceptors (Lipinski definition) is 8. The van der Waals surface area contributed by atoms with Crippen molar-refractivity contribution >= 4 is 29.3 Å². The zero-order valence-electron chi connectivity index (χ0n) is 13.2. The van der Waals surface area contributed by atoms with Gasteiger partial charge in [0.25, 0.3) is 11.4 Å². The Balaban J connectivity index is 2.56. The lowest BCUT2D eigenvalue weighted by atomic mass is 10.1. The molecular weight excluding hydrogens is 334 g/mol. The van der Waals surface area contributed by atoms with Crippen LogP contribution >= 0.6 is 0 Å². The lowest BCUT2D eigenvalue weighted by molar-refractivity contribution is -0.394. The van der Waals surface area contributed by atoms with E-state index in [4.69, 9.17) is 4.74 Å². The van der Waals surface area contributed by atoms with Gasteiger partial charge in [-0.1, -0.05) is 0 Å².